The molecule has 3 rings (SSSR count). The van der Waals surface area contributed by atoms with E-state index in [-0.39, 0.29) is 23.6 Å². The average Bonchev–Trinajstić information content (AvgIpc) is 3.13. The normalized spacial score (nSPS) is 13.2. The van der Waals surface area contributed by atoms with Gasteiger partial charge in [0.15, 0.2) is 9.84 Å². The van der Waals surface area contributed by atoms with Crippen molar-refractivity contribution in [2.75, 3.05) is 5.75 Å². The number of nitrogens with one attached hydrogen (secondary N) is 1. The zero-order chi connectivity index (χ0) is 28.3. The number of alkyl carbamates (subject to hydrolysis) is 1. The maximum atomic E-state index is 13.1. The first-order valence-electron chi connectivity index (χ1n) is 12.6. The number of hydrogen-bond donors (Lipinski definition) is 1. The van der Waals surface area contributed by atoms with Gasteiger partial charge in [-0.25, -0.2) is 18.0 Å². The molecule has 0 spiro atoms. The fraction of sp³-hybridized carbons (Fsp3) is 0.448. The van der Waals surface area contributed by atoms with Gasteiger partial charge in [-0.1, -0.05) is 35.9 Å². The highest BCUT2D eigenvalue weighted by Gasteiger charge is 2.30. The third-order valence-corrected chi connectivity index (χ3v) is 7.37. The summed E-state index contributed by atoms with van der Waals surface area (Å²) in [4.78, 5) is 25.9. The van der Waals surface area contributed by atoms with Gasteiger partial charge in [0, 0.05) is 30.1 Å². The first-order chi connectivity index (χ1) is 17.5. The smallest absolute Gasteiger partial charge is 0.408 e. The van der Waals surface area contributed by atoms with E-state index in [4.69, 9.17) is 9.47 Å². The predicted molar refractivity (Wildman–Crippen MR) is 148 cm³/mol. The second kappa shape index (κ2) is 11.2. The Morgan fingerprint density at radius 2 is 1.53 bits per heavy atom. The molecule has 38 heavy (non-hydrogen) atoms. The van der Waals surface area contributed by atoms with E-state index in [1.807, 2.05) is 42.0 Å². The molecule has 1 aromatic heterocycles. The van der Waals surface area contributed by atoms with Crippen LogP contribution in [0.3, 0.4) is 0 Å². The summed E-state index contributed by atoms with van der Waals surface area (Å²) in [5.74, 6) is -0.665. The first-order valence-corrected chi connectivity index (χ1v) is 14.3. The molecule has 0 fully saturated rings. The van der Waals surface area contributed by atoms with Crippen molar-refractivity contribution in [1.82, 2.24) is 9.88 Å². The number of para-hydroxylation sites is 1. The van der Waals surface area contributed by atoms with E-state index in [1.165, 1.54) is 0 Å². The molecule has 2 aromatic carbocycles. The standard InChI is InChI=1S/C29H38N2O6S/c1-20-12-14-22(15-13-20)38(34,35)17-16-31-19-21(23-10-8-9-11-25(23)31)18-24(26(32)36-28(2,3)4)30-27(33)37-29(5,6)7/h8-15,19,24H,16-18H2,1-7H3,(H,30,33)/t24-/m0/s1. The van der Waals surface area contributed by atoms with Crippen molar-refractivity contribution in [1.29, 1.82) is 0 Å². The minimum Gasteiger partial charge on any atom is -0.458 e. The molecule has 0 unspecified atom stereocenters. The summed E-state index contributed by atoms with van der Waals surface area (Å²) in [7, 11) is -3.49. The Balaban J connectivity index is 1.89. The Hall–Kier alpha value is -3.33. The van der Waals surface area contributed by atoms with E-state index >= 15 is 0 Å². The fourth-order valence-corrected chi connectivity index (χ4v) is 5.21. The van der Waals surface area contributed by atoms with Gasteiger partial charge >= 0.3 is 12.1 Å². The quantitative estimate of drug-likeness (QED) is 0.393. The molecule has 9 heteroatoms. The van der Waals surface area contributed by atoms with E-state index in [0.29, 0.717) is 0 Å². The van der Waals surface area contributed by atoms with Crippen LogP contribution in [0.5, 0.6) is 0 Å². The molecule has 0 saturated heterocycles. The summed E-state index contributed by atoms with van der Waals surface area (Å²) in [5.41, 5.74) is 1.12. The van der Waals surface area contributed by atoms with Gasteiger partial charge in [-0.05, 0) is 72.2 Å². The van der Waals surface area contributed by atoms with Crippen LogP contribution in [0.4, 0.5) is 4.79 Å². The molecule has 0 bridgehead atoms. The van der Waals surface area contributed by atoms with Crippen LogP contribution in [0.1, 0.15) is 52.7 Å². The van der Waals surface area contributed by atoms with E-state index < -0.39 is 39.1 Å². The molecule has 1 N–H and O–H groups in total. The second-order valence-corrected chi connectivity index (χ2v) is 13.5. The van der Waals surface area contributed by atoms with Gasteiger partial charge in [-0.3, -0.25) is 0 Å². The molecular weight excluding hydrogens is 504 g/mol. The summed E-state index contributed by atoms with van der Waals surface area (Å²) >= 11 is 0. The Kier molecular flexibility index (Phi) is 8.61. The topological polar surface area (TPSA) is 104 Å². The average molecular weight is 543 g/mol. The van der Waals surface area contributed by atoms with Gasteiger partial charge in [-0.15, -0.1) is 0 Å². The Morgan fingerprint density at radius 3 is 2.13 bits per heavy atom. The Labute approximate surface area is 225 Å². The Bertz CT molecular complexity index is 1390. The number of aromatic nitrogens is 1. The van der Waals surface area contributed by atoms with Crippen LogP contribution in [0, 0.1) is 6.92 Å². The number of hydrogen-bond acceptors (Lipinski definition) is 6. The van der Waals surface area contributed by atoms with Gasteiger partial charge in [0.25, 0.3) is 0 Å². The lowest BCUT2D eigenvalue weighted by atomic mass is 10.0. The van der Waals surface area contributed by atoms with Crippen LogP contribution in [-0.4, -0.2) is 48.0 Å². The third-order valence-electron chi connectivity index (χ3n) is 5.66. The fourth-order valence-electron chi connectivity index (χ4n) is 3.99. The number of fused-ring (bicyclic) bond motifs is 1. The van der Waals surface area contributed by atoms with E-state index in [9.17, 15) is 18.0 Å². The molecule has 1 amide bonds. The summed E-state index contributed by atoms with van der Waals surface area (Å²) < 4.78 is 38.7. The molecular formula is C29H38N2O6S. The minimum atomic E-state index is -3.49. The van der Waals surface area contributed by atoms with Crippen molar-refractivity contribution in [3.63, 3.8) is 0 Å². The zero-order valence-corrected chi connectivity index (χ0v) is 24.0. The van der Waals surface area contributed by atoms with E-state index in [2.05, 4.69) is 5.32 Å². The number of aryl methyl sites for hydroxylation is 2. The van der Waals surface area contributed by atoms with Gasteiger partial charge < -0.3 is 19.4 Å². The highest BCUT2D eigenvalue weighted by molar-refractivity contribution is 7.91. The molecule has 0 radical (unpaired) electrons. The molecule has 0 aliphatic heterocycles. The first kappa shape index (κ1) is 29.2. The second-order valence-electron chi connectivity index (χ2n) is 11.4. The molecule has 206 valence electrons. The molecule has 1 atom stereocenters. The molecule has 8 nitrogen and oxygen atoms in total. The number of nitrogens with zero attached hydrogens (tertiary/aromatic N) is 1. The van der Waals surface area contributed by atoms with E-state index in [1.54, 1.807) is 65.8 Å². The van der Waals surface area contributed by atoms with Crippen molar-refractivity contribution in [2.24, 2.45) is 0 Å². The van der Waals surface area contributed by atoms with Crippen LogP contribution in [-0.2, 0) is 37.1 Å². The van der Waals surface area contributed by atoms with Crippen molar-refractivity contribution >= 4 is 32.8 Å². The SMILES string of the molecule is Cc1ccc(S(=O)(=O)CCn2cc(C[C@H](NC(=O)OC(C)(C)C)C(=O)OC(C)(C)C)c3ccccc32)cc1. The largest absolute Gasteiger partial charge is 0.458 e. The highest BCUT2D eigenvalue weighted by atomic mass is 32.2. The molecule has 0 aliphatic rings. The van der Waals surface area contributed by atoms with Gasteiger partial charge in [-0.2, -0.15) is 0 Å². The summed E-state index contributed by atoms with van der Waals surface area (Å²) in [6.07, 6.45) is 1.26. The van der Waals surface area contributed by atoms with Crippen molar-refractivity contribution in [3.8, 4) is 0 Å². The van der Waals surface area contributed by atoms with Gasteiger partial charge in [0.2, 0.25) is 0 Å². The molecule has 3 aromatic rings. The number of benzene rings is 2. The minimum absolute atomic E-state index is 0.0835. The van der Waals surface area contributed by atoms with Crippen LogP contribution < -0.4 is 5.32 Å². The summed E-state index contributed by atoms with van der Waals surface area (Å²) in [6.45, 7) is 12.6. The van der Waals surface area contributed by atoms with Crippen molar-refractivity contribution in [3.05, 3.63) is 65.9 Å². The number of rotatable bonds is 8. The number of ether oxygens (including phenoxy) is 2. The summed E-state index contributed by atoms with van der Waals surface area (Å²) in [5, 5.41) is 3.52. The summed E-state index contributed by atoms with van der Waals surface area (Å²) in [6, 6.07) is 13.4. The lowest BCUT2D eigenvalue weighted by Crippen LogP contribution is -2.47. The monoisotopic (exact) mass is 542 g/mol. The third kappa shape index (κ3) is 8.08. The van der Waals surface area contributed by atoms with Crippen LogP contribution in [0.25, 0.3) is 10.9 Å². The molecule has 0 aliphatic carbocycles. The van der Waals surface area contributed by atoms with Crippen LogP contribution >= 0.6 is 0 Å². The highest BCUT2D eigenvalue weighted by Crippen LogP contribution is 2.24. The van der Waals surface area contributed by atoms with Gasteiger partial charge in [0.05, 0.1) is 10.6 Å². The molecule has 1 heterocycles. The zero-order valence-electron chi connectivity index (χ0n) is 23.2. The predicted octanol–water partition coefficient (Wildman–Crippen LogP) is 5.20. The maximum Gasteiger partial charge on any atom is 0.408 e. The number of carbonyl (C=O) groups excluding carboxylic acids is 2. The van der Waals surface area contributed by atoms with Crippen LogP contribution in [0.2, 0.25) is 0 Å². The van der Waals surface area contributed by atoms with Crippen molar-refractivity contribution < 1.29 is 27.5 Å². The van der Waals surface area contributed by atoms with E-state index in [0.717, 1.165) is 22.0 Å². The number of esters is 1. The number of sulfone groups is 1. The Morgan fingerprint density at radius 1 is 0.921 bits per heavy atom. The van der Waals surface area contributed by atoms with Gasteiger partial charge in [0.1, 0.15) is 17.2 Å². The number of carbonyl (C=O) groups is 2. The lowest BCUT2D eigenvalue weighted by molar-refractivity contribution is -0.157. The van der Waals surface area contributed by atoms with Crippen molar-refractivity contribution in [2.45, 2.75) is 83.6 Å². The number of amides is 1. The maximum absolute atomic E-state index is 13.1. The van der Waals surface area contributed by atoms with Crippen LogP contribution in [0.15, 0.2) is 59.6 Å². The molecule has 0 saturated carbocycles. The lowest BCUT2D eigenvalue weighted by Gasteiger charge is -2.26.